The van der Waals surface area contributed by atoms with Gasteiger partial charge >= 0.3 is 12.1 Å². The molecule has 0 aliphatic heterocycles. The van der Waals surface area contributed by atoms with Crippen LogP contribution in [0, 0.1) is 5.92 Å². The summed E-state index contributed by atoms with van der Waals surface area (Å²) in [7, 11) is 2.68. The topological polar surface area (TPSA) is 116 Å². The molecule has 0 fully saturated rings. The van der Waals surface area contributed by atoms with E-state index in [1.54, 1.807) is 0 Å². The summed E-state index contributed by atoms with van der Waals surface area (Å²) in [4.78, 5) is 45.4. The minimum Gasteiger partial charge on any atom is -0.338 e. The van der Waals surface area contributed by atoms with Crippen LogP contribution in [0.4, 0.5) is 9.59 Å². The van der Waals surface area contributed by atoms with Gasteiger partial charge in [-0.15, -0.1) is 0 Å². The maximum atomic E-state index is 11.5. The minimum atomic E-state index is -0.515. The zero-order valence-electron chi connectivity index (χ0n) is 14.3. The highest BCUT2D eigenvalue weighted by Crippen LogP contribution is 2.19. The van der Waals surface area contributed by atoms with Gasteiger partial charge in [-0.2, -0.15) is 0 Å². The van der Waals surface area contributed by atoms with Crippen LogP contribution in [0.5, 0.6) is 0 Å². The van der Waals surface area contributed by atoms with E-state index in [0.29, 0.717) is 37.6 Å². The molecular formula is C14H26N4O4S2. The van der Waals surface area contributed by atoms with Crippen LogP contribution in [0.3, 0.4) is 0 Å². The quantitative estimate of drug-likeness (QED) is 0.338. The summed E-state index contributed by atoms with van der Waals surface area (Å²) in [6.45, 7) is 6.66. The van der Waals surface area contributed by atoms with Crippen molar-refractivity contribution in [3.8, 4) is 0 Å². The SMILES string of the molecule is CCCC(=O)NC(=O)NCCSSCC(=O)NC(=O)NCC(C)C. The van der Waals surface area contributed by atoms with Crippen molar-refractivity contribution < 1.29 is 19.2 Å². The van der Waals surface area contributed by atoms with Gasteiger partial charge in [0.25, 0.3) is 0 Å². The zero-order valence-corrected chi connectivity index (χ0v) is 15.9. The van der Waals surface area contributed by atoms with Crippen LogP contribution in [0.15, 0.2) is 0 Å². The Hall–Kier alpha value is -1.42. The number of nitrogens with one attached hydrogen (secondary N) is 4. The third kappa shape index (κ3) is 14.2. The van der Waals surface area contributed by atoms with E-state index in [1.165, 1.54) is 21.6 Å². The second-order valence-corrected chi connectivity index (χ2v) is 7.87. The van der Waals surface area contributed by atoms with Gasteiger partial charge in [-0.3, -0.25) is 20.2 Å². The summed E-state index contributed by atoms with van der Waals surface area (Å²) >= 11 is 0. The van der Waals surface area contributed by atoms with Crippen LogP contribution in [0.25, 0.3) is 0 Å². The Morgan fingerprint density at radius 1 is 0.917 bits per heavy atom. The van der Waals surface area contributed by atoms with Gasteiger partial charge in [-0.05, 0) is 12.3 Å². The van der Waals surface area contributed by atoms with Crippen molar-refractivity contribution in [2.75, 3.05) is 24.6 Å². The van der Waals surface area contributed by atoms with Gasteiger partial charge in [0.2, 0.25) is 11.8 Å². The molecule has 0 atom stereocenters. The largest absolute Gasteiger partial charge is 0.338 e. The molecule has 0 aromatic heterocycles. The molecule has 4 N–H and O–H groups in total. The molecule has 0 saturated heterocycles. The Morgan fingerprint density at radius 3 is 2.17 bits per heavy atom. The van der Waals surface area contributed by atoms with Gasteiger partial charge < -0.3 is 10.6 Å². The molecule has 0 aromatic carbocycles. The van der Waals surface area contributed by atoms with E-state index >= 15 is 0 Å². The molecule has 0 rings (SSSR count). The lowest BCUT2D eigenvalue weighted by Gasteiger charge is -2.08. The van der Waals surface area contributed by atoms with Crippen molar-refractivity contribution in [2.45, 2.75) is 33.6 Å². The van der Waals surface area contributed by atoms with E-state index in [-0.39, 0.29) is 17.6 Å². The Morgan fingerprint density at radius 2 is 1.54 bits per heavy atom. The minimum absolute atomic E-state index is 0.140. The molecule has 8 nitrogen and oxygen atoms in total. The highest BCUT2D eigenvalue weighted by atomic mass is 33.1. The van der Waals surface area contributed by atoms with E-state index in [1.807, 2.05) is 20.8 Å². The molecule has 0 aliphatic carbocycles. The number of amides is 6. The molecule has 10 heteroatoms. The first-order valence-electron chi connectivity index (χ1n) is 7.74. The molecule has 0 aliphatic rings. The normalized spacial score (nSPS) is 10.2. The summed E-state index contributed by atoms with van der Waals surface area (Å²) in [5, 5.41) is 9.60. The van der Waals surface area contributed by atoms with E-state index in [9.17, 15) is 19.2 Å². The lowest BCUT2D eigenvalue weighted by atomic mass is 10.2. The lowest BCUT2D eigenvalue weighted by Crippen LogP contribution is -2.41. The van der Waals surface area contributed by atoms with Gasteiger partial charge in [0.15, 0.2) is 0 Å². The maximum absolute atomic E-state index is 11.5. The fraction of sp³-hybridized carbons (Fsp3) is 0.714. The van der Waals surface area contributed by atoms with Crippen LogP contribution in [0.1, 0.15) is 33.6 Å². The van der Waals surface area contributed by atoms with Crippen LogP contribution in [-0.4, -0.2) is 48.5 Å². The third-order valence-corrected chi connectivity index (χ3v) is 4.67. The van der Waals surface area contributed by atoms with Crippen LogP contribution in [-0.2, 0) is 9.59 Å². The smallest absolute Gasteiger partial charge is 0.321 e. The molecule has 24 heavy (non-hydrogen) atoms. The Balaban J connectivity index is 3.58. The van der Waals surface area contributed by atoms with Crippen LogP contribution < -0.4 is 21.3 Å². The third-order valence-electron chi connectivity index (χ3n) is 2.40. The number of rotatable bonds is 10. The average Bonchev–Trinajstić information content (AvgIpc) is 2.48. The first kappa shape index (κ1) is 22.6. The van der Waals surface area contributed by atoms with Gasteiger partial charge in [0.1, 0.15) is 0 Å². The molecule has 0 saturated carbocycles. The molecular weight excluding hydrogens is 352 g/mol. The summed E-state index contributed by atoms with van der Waals surface area (Å²) < 4.78 is 0. The summed E-state index contributed by atoms with van der Waals surface area (Å²) in [5.41, 5.74) is 0. The Kier molecular flexibility index (Phi) is 13.1. The zero-order chi connectivity index (χ0) is 18.4. The number of imide groups is 2. The Labute approximate surface area is 150 Å². The predicted octanol–water partition coefficient (Wildman–Crippen LogP) is 1.48. The van der Waals surface area contributed by atoms with Crippen LogP contribution in [0.2, 0.25) is 0 Å². The van der Waals surface area contributed by atoms with Gasteiger partial charge in [-0.25, -0.2) is 9.59 Å². The van der Waals surface area contributed by atoms with Crippen molar-refractivity contribution in [3.63, 3.8) is 0 Å². The van der Waals surface area contributed by atoms with E-state index in [2.05, 4.69) is 21.3 Å². The van der Waals surface area contributed by atoms with Gasteiger partial charge in [-0.1, -0.05) is 42.4 Å². The van der Waals surface area contributed by atoms with Crippen molar-refractivity contribution >= 4 is 45.5 Å². The highest BCUT2D eigenvalue weighted by Gasteiger charge is 2.08. The molecule has 0 radical (unpaired) electrons. The van der Waals surface area contributed by atoms with Gasteiger partial charge in [0.05, 0.1) is 5.75 Å². The second-order valence-electron chi connectivity index (χ2n) is 5.29. The first-order chi connectivity index (χ1) is 11.3. The molecule has 0 bridgehead atoms. The number of carbonyl (C=O) groups excluding carboxylic acids is 4. The predicted molar refractivity (Wildman–Crippen MR) is 97.7 cm³/mol. The number of carbonyl (C=O) groups is 4. The number of hydrogen-bond acceptors (Lipinski definition) is 6. The monoisotopic (exact) mass is 378 g/mol. The van der Waals surface area contributed by atoms with Crippen LogP contribution >= 0.6 is 21.6 Å². The number of urea groups is 2. The summed E-state index contributed by atoms with van der Waals surface area (Å²) in [5.74, 6) is 0.361. The molecule has 0 spiro atoms. The average molecular weight is 379 g/mol. The molecule has 0 unspecified atom stereocenters. The maximum Gasteiger partial charge on any atom is 0.321 e. The van der Waals surface area contributed by atoms with Crippen molar-refractivity contribution in [2.24, 2.45) is 5.92 Å². The van der Waals surface area contributed by atoms with Crippen molar-refractivity contribution in [1.29, 1.82) is 0 Å². The van der Waals surface area contributed by atoms with E-state index < -0.39 is 12.1 Å². The standard InChI is InChI=1S/C14H26N4O4S2/c1-4-5-11(19)17-13(21)15-6-7-23-24-9-12(20)18-14(22)16-8-10(2)3/h10H,4-9H2,1-3H3,(H2,15,17,19,21)(H2,16,18,20,22). The van der Waals surface area contributed by atoms with E-state index in [0.717, 1.165) is 0 Å². The molecule has 0 aromatic rings. The molecule has 0 heterocycles. The van der Waals surface area contributed by atoms with E-state index in [4.69, 9.17) is 0 Å². The summed E-state index contributed by atoms with van der Waals surface area (Å²) in [6.07, 6.45) is 1.00. The fourth-order valence-electron chi connectivity index (χ4n) is 1.32. The molecule has 6 amide bonds. The Bertz CT molecular complexity index is 433. The fourth-order valence-corrected chi connectivity index (χ4v) is 3.06. The first-order valence-corrected chi connectivity index (χ1v) is 10.2. The van der Waals surface area contributed by atoms with Crippen molar-refractivity contribution in [1.82, 2.24) is 21.3 Å². The summed E-state index contributed by atoms with van der Waals surface area (Å²) in [6, 6.07) is -1.01. The highest BCUT2D eigenvalue weighted by molar-refractivity contribution is 8.76. The van der Waals surface area contributed by atoms with Gasteiger partial charge in [0, 0.05) is 25.3 Å². The van der Waals surface area contributed by atoms with Crippen molar-refractivity contribution in [3.05, 3.63) is 0 Å². The number of hydrogen-bond donors (Lipinski definition) is 4. The molecule has 138 valence electrons. The lowest BCUT2D eigenvalue weighted by molar-refractivity contribution is -0.120. The second kappa shape index (κ2) is 14.0.